The molecule has 1 aromatic heterocycles. The van der Waals surface area contributed by atoms with E-state index in [9.17, 15) is 10.1 Å². The molecule has 114 valence electrons. The molecular formula is C17H19N3O2. The summed E-state index contributed by atoms with van der Waals surface area (Å²) >= 11 is 0. The lowest BCUT2D eigenvalue weighted by Crippen LogP contribution is -2.42. The lowest BCUT2D eigenvalue weighted by Gasteiger charge is -2.25. The summed E-state index contributed by atoms with van der Waals surface area (Å²) < 4.78 is 5.16. The van der Waals surface area contributed by atoms with Crippen molar-refractivity contribution >= 4 is 16.8 Å². The number of aromatic nitrogens is 1. The Labute approximate surface area is 129 Å². The van der Waals surface area contributed by atoms with E-state index in [2.05, 4.69) is 16.4 Å². The van der Waals surface area contributed by atoms with Gasteiger partial charge < -0.3 is 10.1 Å². The molecule has 1 heterocycles. The van der Waals surface area contributed by atoms with Crippen molar-refractivity contribution in [3.05, 3.63) is 36.0 Å². The van der Waals surface area contributed by atoms with Crippen LogP contribution in [0.4, 0.5) is 0 Å². The summed E-state index contributed by atoms with van der Waals surface area (Å²) in [4.78, 5) is 16.6. The SMILES string of the molecule is COc1ccc2nc(C(=O)N[C@H](C#N)C(C)(C)C)ccc2c1. The number of nitrogens with one attached hydrogen (secondary N) is 1. The fourth-order valence-electron chi connectivity index (χ4n) is 2.00. The Morgan fingerprint density at radius 3 is 2.64 bits per heavy atom. The van der Waals surface area contributed by atoms with Gasteiger partial charge in [0.2, 0.25) is 0 Å². The number of methoxy groups -OCH3 is 1. The first-order valence-electron chi connectivity index (χ1n) is 7.00. The molecule has 0 fully saturated rings. The molecule has 1 N–H and O–H groups in total. The highest BCUT2D eigenvalue weighted by molar-refractivity contribution is 5.95. The zero-order chi connectivity index (χ0) is 16.3. The van der Waals surface area contributed by atoms with Crippen LogP contribution in [0.3, 0.4) is 0 Å². The first kappa shape index (κ1) is 15.8. The number of hydrogen-bond donors (Lipinski definition) is 1. The molecule has 5 heteroatoms. The molecule has 2 rings (SSSR count). The number of ether oxygens (including phenoxy) is 1. The number of rotatable bonds is 3. The van der Waals surface area contributed by atoms with Gasteiger partial charge in [0.15, 0.2) is 0 Å². The van der Waals surface area contributed by atoms with Gasteiger partial charge in [-0.25, -0.2) is 4.98 Å². The zero-order valence-corrected chi connectivity index (χ0v) is 13.2. The van der Waals surface area contributed by atoms with Gasteiger partial charge in [-0.2, -0.15) is 5.26 Å². The minimum atomic E-state index is -0.576. The van der Waals surface area contributed by atoms with E-state index in [0.29, 0.717) is 11.2 Å². The Hall–Kier alpha value is -2.61. The molecule has 2 aromatic rings. The molecule has 0 bridgehead atoms. The van der Waals surface area contributed by atoms with Crippen molar-refractivity contribution in [2.45, 2.75) is 26.8 Å². The van der Waals surface area contributed by atoms with E-state index in [4.69, 9.17) is 4.74 Å². The fraction of sp³-hybridized carbons (Fsp3) is 0.353. The van der Waals surface area contributed by atoms with Crippen LogP contribution in [0.15, 0.2) is 30.3 Å². The highest BCUT2D eigenvalue weighted by atomic mass is 16.5. The quantitative estimate of drug-likeness (QED) is 0.945. The molecule has 0 aliphatic rings. The molecule has 0 aliphatic carbocycles. The fourth-order valence-corrected chi connectivity index (χ4v) is 2.00. The Bertz CT molecular complexity index is 742. The predicted octanol–water partition coefficient (Wildman–Crippen LogP) is 2.91. The molecule has 1 amide bonds. The third-order valence-corrected chi connectivity index (χ3v) is 3.40. The Morgan fingerprint density at radius 1 is 1.32 bits per heavy atom. The summed E-state index contributed by atoms with van der Waals surface area (Å²) in [5.74, 6) is 0.392. The molecule has 0 unspecified atom stereocenters. The van der Waals surface area contributed by atoms with Crippen LogP contribution in [0.25, 0.3) is 10.9 Å². The van der Waals surface area contributed by atoms with E-state index in [1.165, 1.54) is 0 Å². The van der Waals surface area contributed by atoms with Gasteiger partial charge >= 0.3 is 0 Å². The number of nitrogens with zero attached hydrogens (tertiary/aromatic N) is 2. The minimum Gasteiger partial charge on any atom is -0.497 e. The standard InChI is InChI=1S/C17H19N3O2/c1-17(2,3)15(10-18)20-16(21)14-7-5-11-9-12(22-4)6-8-13(11)19-14/h5-9,15H,1-4H3,(H,20,21)/t15-/m1/s1. The summed E-state index contributed by atoms with van der Waals surface area (Å²) in [6, 6.07) is 10.5. The summed E-state index contributed by atoms with van der Waals surface area (Å²) in [6.45, 7) is 5.71. The van der Waals surface area contributed by atoms with Crippen LogP contribution in [-0.2, 0) is 0 Å². The summed E-state index contributed by atoms with van der Waals surface area (Å²) in [5.41, 5.74) is 0.661. The zero-order valence-electron chi connectivity index (χ0n) is 13.2. The Kier molecular flexibility index (Phi) is 4.32. The molecule has 0 saturated heterocycles. The van der Waals surface area contributed by atoms with Crippen molar-refractivity contribution in [1.82, 2.24) is 10.3 Å². The van der Waals surface area contributed by atoms with Crippen LogP contribution < -0.4 is 10.1 Å². The van der Waals surface area contributed by atoms with Gasteiger partial charge in [0.1, 0.15) is 17.5 Å². The van der Waals surface area contributed by atoms with Crippen LogP contribution in [0.1, 0.15) is 31.3 Å². The molecule has 0 saturated carbocycles. The van der Waals surface area contributed by atoms with Crippen LogP contribution in [0, 0.1) is 16.7 Å². The highest BCUT2D eigenvalue weighted by Gasteiger charge is 2.26. The molecule has 22 heavy (non-hydrogen) atoms. The second-order valence-corrected chi connectivity index (χ2v) is 6.16. The second-order valence-electron chi connectivity index (χ2n) is 6.16. The monoisotopic (exact) mass is 297 g/mol. The third kappa shape index (κ3) is 3.34. The van der Waals surface area contributed by atoms with Crippen LogP contribution in [0.5, 0.6) is 5.75 Å². The van der Waals surface area contributed by atoms with E-state index >= 15 is 0 Å². The molecule has 1 aromatic carbocycles. The number of hydrogen-bond acceptors (Lipinski definition) is 4. The summed E-state index contributed by atoms with van der Waals surface area (Å²) in [7, 11) is 1.60. The first-order chi connectivity index (χ1) is 10.3. The molecule has 5 nitrogen and oxygen atoms in total. The van der Waals surface area contributed by atoms with Gasteiger partial charge in [-0.15, -0.1) is 0 Å². The van der Waals surface area contributed by atoms with Crippen molar-refractivity contribution in [3.63, 3.8) is 0 Å². The van der Waals surface area contributed by atoms with Gasteiger partial charge in [-0.1, -0.05) is 26.8 Å². The normalized spacial score (nSPS) is 12.5. The molecule has 0 aliphatic heterocycles. The average Bonchev–Trinajstić information content (AvgIpc) is 2.50. The third-order valence-electron chi connectivity index (χ3n) is 3.40. The number of benzene rings is 1. The van der Waals surface area contributed by atoms with E-state index in [0.717, 1.165) is 11.1 Å². The van der Waals surface area contributed by atoms with Crippen LogP contribution in [-0.4, -0.2) is 24.0 Å². The summed E-state index contributed by atoms with van der Waals surface area (Å²) in [6.07, 6.45) is 0. The van der Waals surface area contributed by atoms with Crippen molar-refractivity contribution in [2.75, 3.05) is 7.11 Å². The maximum Gasteiger partial charge on any atom is 0.270 e. The van der Waals surface area contributed by atoms with Crippen molar-refractivity contribution < 1.29 is 9.53 Å². The van der Waals surface area contributed by atoms with Crippen molar-refractivity contribution in [3.8, 4) is 11.8 Å². The van der Waals surface area contributed by atoms with E-state index in [1.54, 1.807) is 25.3 Å². The topological polar surface area (TPSA) is 75.0 Å². The molecule has 0 spiro atoms. The predicted molar refractivity (Wildman–Crippen MR) is 84.6 cm³/mol. The van der Waals surface area contributed by atoms with Gasteiger partial charge in [-0.3, -0.25) is 4.79 Å². The molecule has 1 atom stereocenters. The molecular weight excluding hydrogens is 278 g/mol. The Balaban J connectivity index is 2.27. The first-order valence-corrected chi connectivity index (χ1v) is 7.00. The Morgan fingerprint density at radius 2 is 2.05 bits per heavy atom. The number of nitriles is 1. The maximum absolute atomic E-state index is 12.3. The van der Waals surface area contributed by atoms with Gasteiger partial charge in [0, 0.05) is 5.39 Å². The maximum atomic E-state index is 12.3. The van der Waals surface area contributed by atoms with Crippen LogP contribution in [0.2, 0.25) is 0 Å². The largest absolute Gasteiger partial charge is 0.497 e. The lowest BCUT2D eigenvalue weighted by molar-refractivity contribution is 0.0917. The number of pyridine rings is 1. The lowest BCUT2D eigenvalue weighted by atomic mass is 9.87. The van der Waals surface area contributed by atoms with Gasteiger partial charge in [0.25, 0.3) is 5.91 Å². The average molecular weight is 297 g/mol. The summed E-state index contributed by atoms with van der Waals surface area (Å²) in [5, 5.41) is 12.8. The molecule has 0 radical (unpaired) electrons. The van der Waals surface area contributed by atoms with Crippen LogP contribution >= 0.6 is 0 Å². The van der Waals surface area contributed by atoms with E-state index < -0.39 is 6.04 Å². The highest BCUT2D eigenvalue weighted by Crippen LogP contribution is 2.21. The number of carbonyl (C=O) groups is 1. The van der Waals surface area contributed by atoms with Crippen molar-refractivity contribution in [2.24, 2.45) is 5.41 Å². The van der Waals surface area contributed by atoms with Gasteiger partial charge in [0.05, 0.1) is 18.7 Å². The van der Waals surface area contributed by atoms with E-state index in [1.807, 2.05) is 32.9 Å². The number of carbonyl (C=O) groups excluding carboxylic acids is 1. The van der Waals surface area contributed by atoms with E-state index in [-0.39, 0.29) is 11.3 Å². The number of fused-ring (bicyclic) bond motifs is 1. The second kappa shape index (κ2) is 6.02. The van der Waals surface area contributed by atoms with Crippen molar-refractivity contribution in [1.29, 1.82) is 5.26 Å². The number of amides is 1. The van der Waals surface area contributed by atoms with Gasteiger partial charge in [-0.05, 0) is 29.7 Å². The minimum absolute atomic E-state index is 0.294. The smallest absolute Gasteiger partial charge is 0.270 e.